The standard InChI is InChI=1S/C17H24ClFN4O2/c1-3-22(4-2)17(25)23-9-7-21(8-10-23)12-16(24)20-15-6-5-13(19)11-14(15)18/h5-6,11H,3-4,7-10,12H2,1-2H3,(H,20,24). The summed E-state index contributed by atoms with van der Waals surface area (Å²) in [6.45, 7) is 7.98. The number of carbonyl (C=O) groups excluding carboxylic acids is 2. The summed E-state index contributed by atoms with van der Waals surface area (Å²) in [6, 6.07) is 3.90. The van der Waals surface area contributed by atoms with E-state index in [1.54, 1.807) is 4.90 Å². The number of nitrogens with zero attached hydrogens (tertiary/aromatic N) is 3. The highest BCUT2D eigenvalue weighted by atomic mass is 35.5. The van der Waals surface area contributed by atoms with Gasteiger partial charge in [0.2, 0.25) is 5.91 Å². The number of halogens is 2. The predicted octanol–water partition coefficient (Wildman–Crippen LogP) is 2.50. The van der Waals surface area contributed by atoms with Crippen LogP contribution in [-0.4, -0.2) is 72.5 Å². The number of urea groups is 1. The number of amides is 3. The number of hydrogen-bond acceptors (Lipinski definition) is 3. The second-order valence-electron chi connectivity index (χ2n) is 5.89. The van der Waals surface area contributed by atoms with Gasteiger partial charge in [0.15, 0.2) is 0 Å². The van der Waals surface area contributed by atoms with Crippen molar-refractivity contribution >= 4 is 29.2 Å². The van der Waals surface area contributed by atoms with Crippen molar-refractivity contribution < 1.29 is 14.0 Å². The molecule has 1 aromatic rings. The van der Waals surface area contributed by atoms with E-state index in [0.717, 1.165) is 6.07 Å². The Kier molecular flexibility index (Phi) is 7.01. The van der Waals surface area contributed by atoms with Crippen LogP contribution in [0.15, 0.2) is 18.2 Å². The highest BCUT2D eigenvalue weighted by molar-refractivity contribution is 6.33. The van der Waals surface area contributed by atoms with Crippen molar-refractivity contribution in [3.8, 4) is 0 Å². The minimum absolute atomic E-state index is 0.0483. The second kappa shape index (κ2) is 9.01. The zero-order chi connectivity index (χ0) is 18.4. The normalized spacial score (nSPS) is 15.1. The van der Waals surface area contributed by atoms with E-state index in [4.69, 9.17) is 11.6 Å². The Balaban J connectivity index is 1.81. The Bertz CT molecular complexity index is 617. The maximum absolute atomic E-state index is 13.0. The van der Waals surface area contributed by atoms with Gasteiger partial charge in [-0.2, -0.15) is 0 Å². The van der Waals surface area contributed by atoms with E-state index in [1.165, 1.54) is 12.1 Å². The molecular formula is C17H24ClFN4O2. The van der Waals surface area contributed by atoms with E-state index in [2.05, 4.69) is 5.32 Å². The summed E-state index contributed by atoms with van der Waals surface area (Å²) < 4.78 is 13.0. The topological polar surface area (TPSA) is 55.9 Å². The number of anilines is 1. The fourth-order valence-electron chi connectivity index (χ4n) is 2.78. The maximum Gasteiger partial charge on any atom is 0.320 e. The van der Waals surface area contributed by atoms with E-state index < -0.39 is 5.82 Å². The molecule has 25 heavy (non-hydrogen) atoms. The van der Waals surface area contributed by atoms with Crippen molar-refractivity contribution in [3.63, 3.8) is 0 Å². The minimum Gasteiger partial charge on any atom is -0.325 e. The summed E-state index contributed by atoms with van der Waals surface area (Å²) in [7, 11) is 0. The SMILES string of the molecule is CCN(CC)C(=O)N1CCN(CC(=O)Nc2ccc(F)cc2Cl)CC1. The molecule has 1 aromatic carbocycles. The minimum atomic E-state index is -0.447. The molecular weight excluding hydrogens is 347 g/mol. The van der Waals surface area contributed by atoms with Crippen molar-refractivity contribution in [1.82, 2.24) is 14.7 Å². The molecule has 1 N–H and O–H groups in total. The van der Waals surface area contributed by atoms with Crippen LogP contribution in [-0.2, 0) is 4.79 Å². The molecule has 0 spiro atoms. The molecule has 1 aliphatic rings. The van der Waals surface area contributed by atoms with E-state index in [1.807, 2.05) is 23.6 Å². The highest BCUT2D eigenvalue weighted by Crippen LogP contribution is 2.22. The third kappa shape index (κ3) is 5.31. The summed E-state index contributed by atoms with van der Waals surface area (Å²) in [4.78, 5) is 30.0. The first-order chi connectivity index (χ1) is 11.9. The number of rotatable bonds is 5. The fourth-order valence-corrected chi connectivity index (χ4v) is 2.99. The summed E-state index contributed by atoms with van der Waals surface area (Å²) in [6.07, 6.45) is 0. The van der Waals surface area contributed by atoms with Gasteiger partial charge in [0.1, 0.15) is 5.82 Å². The quantitative estimate of drug-likeness (QED) is 0.866. The molecule has 0 bridgehead atoms. The van der Waals surface area contributed by atoms with Crippen LogP contribution in [0.2, 0.25) is 5.02 Å². The molecule has 0 aromatic heterocycles. The van der Waals surface area contributed by atoms with E-state index in [-0.39, 0.29) is 23.5 Å². The van der Waals surface area contributed by atoms with Crippen LogP contribution in [0.25, 0.3) is 0 Å². The average molecular weight is 371 g/mol. The smallest absolute Gasteiger partial charge is 0.320 e. The lowest BCUT2D eigenvalue weighted by molar-refractivity contribution is -0.117. The Labute approximate surface area is 152 Å². The van der Waals surface area contributed by atoms with Crippen molar-refractivity contribution in [2.45, 2.75) is 13.8 Å². The molecule has 6 nitrogen and oxygen atoms in total. The lowest BCUT2D eigenvalue weighted by Crippen LogP contribution is -2.53. The number of carbonyl (C=O) groups is 2. The Morgan fingerprint density at radius 3 is 2.40 bits per heavy atom. The average Bonchev–Trinajstić information content (AvgIpc) is 2.59. The van der Waals surface area contributed by atoms with Crippen LogP contribution in [0.5, 0.6) is 0 Å². The Morgan fingerprint density at radius 2 is 1.84 bits per heavy atom. The van der Waals surface area contributed by atoms with E-state index >= 15 is 0 Å². The molecule has 0 aliphatic carbocycles. The summed E-state index contributed by atoms with van der Waals surface area (Å²) in [5.41, 5.74) is 0.392. The third-order valence-corrected chi connectivity index (χ3v) is 4.56. The van der Waals surface area contributed by atoms with Gasteiger partial charge in [-0.1, -0.05) is 11.6 Å². The van der Waals surface area contributed by atoms with Gasteiger partial charge in [0, 0.05) is 39.3 Å². The number of hydrogen-bond donors (Lipinski definition) is 1. The van der Waals surface area contributed by atoms with Crippen LogP contribution >= 0.6 is 11.6 Å². The largest absolute Gasteiger partial charge is 0.325 e. The van der Waals surface area contributed by atoms with Crippen molar-refractivity contribution in [3.05, 3.63) is 29.0 Å². The van der Waals surface area contributed by atoms with Crippen LogP contribution in [0.1, 0.15) is 13.8 Å². The van der Waals surface area contributed by atoms with Crippen LogP contribution in [0.4, 0.5) is 14.9 Å². The van der Waals surface area contributed by atoms with E-state index in [9.17, 15) is 14.0 Å². The van der Waals surface area contributed by atoms with Crippen LogP contribution < -0.4 is 5.32 Å². The van der Waals surface area contributed by atoms with Gasteiger partial charge in [-0.05, 0) is 32.0 Å². The lowest BCUT2D eigenvalue weighted by Gasteiger charge is -2.36. The molecule has 1 heterocycles. The second-order valence-corrected chi connectivity index (χ2v) is 6.30. The van der Waals surface area contributed by atoms with Gasteiger partial charge in [0.05, 0.1) is 17.3 Å². The molecule has 1 saturated heterocycles. The molecule has 2 rings (SSSR count). The van der Waals surface area contributed by atoms with Gasteiger partial charge in [-0.15, -0.1) is 0 Å². The van der Waals surface area contributed by atoms with Crippen molar-refractivity contribution in [2.24, 2.45) is 0 Å². The first kappa shape index (κ1) is 19.5. The van der Waals surface area contributed by atoms with E-state index in [0.29, 0.717) is 45.0 Å². The van der Waals surface area contributed by atoms with Crippen LogP contribution in [0.3, 0.4) is 0 Å². The molecule has 8 heteroatoms. The summed E-state index contributed by atoms with van der Waals surface area (Å²) >= 11 is 5.91. The third-order valence-electron chi connectivity index (χ3n) is 4.25. The van der Waals surface area contributed by atoms with Gasteiger partial charge >= 0.3 is 6.03 Å². The van der Waals surface area contributed by atoms with Gasteiger partial charge < -0.3 is 15.1 Å². The Hall–Kier alpha value is -1.86. The fraction of sp³-hybridized carbons (Fsp3) is 0.529. The summed E-state index contributed by atoms with van der Waals surface area (Å²) in [5.74, 6) is -0.658. The monoisotopic (exact) mass is 370 g/mol. The first-order valence-electron chi connectivity index (χ1n) is 8.45. The molecule has 1 aliphatic heterocycles. The molecule has 0 saturated carbocycles. The lowest BCUT2D eigenvalue weighted by atomic mass is 10.3. The number of benzene rings is 1. The highest BCUT2D eigenvalue weighted by Gasteiger charge is 2.24. The number of piperazine rings is 1. The molecule has 138 valence electrons. The van der Waals surface area contributed by atoms with Gasteiger partial charge in [0.25, 0.3) is 0 Å². The number of nitrogens with one attached hydrogen (secondary N) is 1. The molecule has 0 radical (unpaired) electrons. The Morgan fingerprint density at radius 1 is 1.20 bits per heavy atom. The summed E-state index contributed by atoms with van der Waals surface area (Å²) in [5, 5.41) is 2.86. The van der Waals surface area contributed by atoms with Gasteiger partial charge in [-0.25, -0.2) is 9.18 Å². The zero-order valence-electron chi connectivity index (χ0n) is 14.6. The first-order valence-corrected chi connectivity index (χ1v) is 8.83. The molecule has 1 fully saturated rings. The molecule has 3 amide bonds. The maximum atomic E-state index is 13.0. The molecule has 0 unspecified atom stereocenters. The van der Waals surface area contributed by atoms with Crippen LogP contribution in [0, 0.1) is 5.82 Å². The zero-order valence-corrected chi connectivity index (χ0v) is 15.4. The van der Waals surface area contributed by atoms with Gasteiger partial charge in [-0.3, -0.25) is 9.69 Å². The van der Waals surface area contributed by atoms with Crippen molar-refractivity contribution in [2.75, 3.05) is 51.1 Å². The van der Waals surface area contributed by atoms with Crippen molar-refractivity contribution in [1.29, 1.82) is 0 Å². The predicted molar refractivity (Wildman–Crippen MR) is 96.4 cm³/mol. The molecule has 0 atom stereocenters.